The van der Waals surface area contributed by atoms with Gasteiger partial charge >= 0.3 is 0 Å². The van der Waals surface area contributed by atoms with Crippen LogP contribution in [-0.2, 0) is 16.0 Å². The summed E-state index contributed by atoms with van der Waals surface area (Å²) in [6.45, 7) is 16.6. The number of piperazine rings is 1. The van der Waals surface area contributed by atoms with Crippen molar-refractivity contribution in [3.8, 4) is 5.88 Å². The zero-order chi connectivity index (χ0) is 28.4. The first-order valence-electron chi connectivity index (χ1n) is 14.6. The number of carbonyl (C=O) groups excluding carboxylic acids is 1. The fraction of sp³-hybridized carbons (Fsp3) is 0.613. The Bertz CT molecular complexity index is 1170. The molecule has 4 heterocycles. The second kappa shape index (κ2) is 12.1. The molecule has 3 aliphatic rings. The molecular formula is C31H44FN5O3. The second-order valence-corrected chi connectivity index (χ2v) is 12.7. The number of hydrogen-bond donors (Lipinski definition) is 1. The van der Waals surface area contributed by atoms with Crippen LogP contribution in [0.1, 0.15) is 45.7 Å². The molecule has 0 spiro atoms. The Morgan fingerprint density at radius 1 is 1.12 bits per heavy atom. The van der Waals surface area contributed by atoms with E-state index in [-0.39, 0.29) is 29.2 Å². The van der Waals surface area contributed by atoms with Gasteiger partial charge in [0.05, 0.1) is 25.8 Å². The standard InChI is InChI=1S/C31H44FN5O3/c1-21-16-36(26(15-33-21)17-35-10-11-39-19-22(35)2)18-29(38)37-27-13-24(12-23-6-8-25(32)9-7-23)14-34-30(27)40-20-28(37)31(3,4)5/h6-9,13-14,21-22,26,28,33H,10-12,15-20H2,1-5H3/t21-,22-,26-,28?/m1/s1. The number of benzene rings is 1. The molecule has 1 N–H and O–H groups in total. The molecule has 2 aromatic rings. The molecule has 9 heteroatoms. The minimum atomic E-state index is -0.255. The van der Waals surface area contributed by atoms with Crippen LogP contribution in [0.5, 0.6) is 5.88 Å². The van der Waals surface area contributed by atoms with Crippen LogP contribution in [0.2, 0.25) is 0 Å². The molecule has 2 saturated heterocycles. The number of nitrogens with one attached hydrogen (secondary N) is 1. The predicted molar refractivity (Wildman–Crippen MR) is 154 cm³/mol. The maximum Gasteiger partial charge on any atom is 0.241 e. The number of fused-ring (bicyclic) bond motifs is 1. The van der Waals surface area contributed by atoms with Crippen molar-refractivity contribution in [2.24, 2.45) is 5.41 Å². The van der Waals surface area contributed by atoms with E-state index < -0.39 is 0 Å². The fourth-order valence-electron chi connectivity index (χ4n) is 6.01. The van der Waals surface area contributed by atoms with Gasteiger partial charge in [-0.25, -0.2) is 9.37 Å². The number of pyridine rings is 1. The molecule has 3 aliphatic heterocycles. The molecule has 1 unspecified atom stereocenters. The first-order chi connectivity index (χ1) is 19.1. The third-order valence-corrected chi connectivity index (χ3v) is 8.44. The van der Waals surface area contributed by atoms with E-state index in [0.29, 0.717) is 37.5 Å². The van der Waals surface area contributed by atoms with Gasteiger partial charge in [-0.1, -0.05) is 32.9 Å². The first kappa shape index (κ1) is 28.9. The Labute approximate surface area is 237 Å². The van der Waals surface area contributed by atoms with Crippen LogP contribution in [0.25, 0.3) is 0 Å². The van der Waals surface area contributed by atoms with Crippen molar-refractivity contribution >= 4 is 11.6 Å². The molecule has 218 valence electrons. The van der Waals surface area contributed by atoms with Crippen LogP contribution in [0.3, 0.4) is 0 Å². The maximum atomic E-state index is 14.3. The van der Waals surface area contributed by atoms with Crippen LogP contribution in [0.4, 0.5) is 10.1 Å². The van der Waals surface area contributed by atoms with E-state index in [0.717, 1.165) is 56.2 Å². The number of morpholine rings is 1. The zero-order valence-corrected chi connectivity index (χ0v) is 24.5. The van der Waals surface area contributed by atoms with Crippen LogP contribution < -0.4 is 15.0 Å². The number of rotatable bonds is 6. The summed E-state index contributed by atoms with van der Waals surface area (Å²) in [5, 5.41) is 3.62. The second-order valence-electron chi connectivity index (χ2n) is 12.7. The molecule has 0 radical (unpaired) electrons. The van der Waals surface area contributed by atoms with Gasteiger partial charge in [-0.2, -0.15) is 0 Å². The number of carbonyl (C=O) groups is 1. The smallest absolute Gasteiger partial charge is 0.241 e. The van der Waals surface area contributed by atoms with Crippen LogP contribution >= 0.6 is 0 Å². The average Bonchev–Trinajstić information content (AvgIpc) is 2.91. The normalized spacial score (nSPS) is 26.3. The highest BCUT2D eigenvalue weighted by atomic mass is 19.1. The average molecular weight is 554 g/mol. The van der Waals surface area contributed by atoms with E-state index in [1.807, 2.05) is 11.0 Å². The highest BCUT2D eigenvalue weighted by Crippen LogP contribution is 2.39. The summed E-state index contributed by atoms with van der Waals surface area (Å²) < 4.78 is 25.2. The van der Waals surface area contributed by atoms with Gasteiger partial charge in [0.2, 0.25) is 11.8 Å². The number of nitrogens with zero attached hydrogens (tertiary/aromatic N) is 4. The van der Waals surface area contributed by atoms with Crippen molar-refractivity contribution in [3.05, 3.63) is 53.5 Å². The molecular weight excluding hydrogens is 509 g/mol. The summed E-state index contributed by atoms with van der Waals surface area (Å²) in [6, 6.07) is 9.31. The monoisotopic (exact) mass is 553 g/mol. The van der Waals surface area contributed by atoms with E-state index >= 15 is 0 Å². The molecule has 40 heavy (non-hydrogen) atoms. The molecule has 0 aliphatic carbocycles. The molecule has 8 nitrogen and oxygen atoms in total. The minimum absolute atomic E-state index is 0.0688. The van der Waals surface area contributed by atoms with E-state index in [9.17, 15) is 9.18 Å². The number of halogens is 1. The van der Waals surface area contributed by atoms with Crippen LogP contribution in [0, 0.1) is 11.2 Å². The lowest BCUT2D eigenvalue weighted by molar-refractivity contribution is -0.122. The van der Waals surface area contributed by atoms with Gasteiger partial charge in [-0.3, -0.25) is 19.5 Å². The van der Waals surface area contributed by atoms with Crippen molar-refractivity contribution in [1.82, 2.24) is 20.1 Å². The van der Waals surface area contributed by atoms with E-state index in [2.05, 4.69) is 54.7 Å². The lowest BCUT2D eigenvalue weighted by atomic mass is 9.85. The Balaban J connectivity index is 1.40. The highest BCUT2D eigenvalue weighted by Gasteiger charge is 2.41. The molecule has 0 bridgehead atoms. The molecule has 4 atom stereocenters. The van der Waals surface area contributed by atoms with Gasteiger partial charge in [0.15, 0.2) is 0 Å². The molecule has 5 rings (SSSR count). The third-order valence-electron chi connectivity index (χ3n) is 8.44. The van der Waals surface area contributed by atoms with Crippen molar-refractivity contribution in [1.29, 1.82) is 0 Å². The van der Waals surface area contributed by atoms with Gasteiger partial charge in [0, 0.05) is 50.5 Å². The number of aromatic nitrogens is 1. The van der Waals surface area contributed by atoms with E-state index in [4.69, 9.17) is 9.47 Å². The van der Waals surface area contributed by atoms with Crippen molar-refractivity contribution in [2.75, 3.05) is 57.4 Å². The van der Waals surface area contributed by atoms with Crippen LogP contribution in [0.15, 0.2) is 36.5 Å². The van der Waals surface area contributed by atoms with E-state index in [1.165, 1.54) is 12.1 Å². The minimum Gasteiger partial charge on any atom is -0.474 e. The van der Waals surface area contributed by atoms with Gasteiger partial charge in [-0.05, 0) is 55.0 Å². The Kier molecular flexibility index (Phi) is 8.75. The van der Waals surface area contributed by atoms with Crippen molar-refractivity contribution in [2.45, 2.75) is 65.2 Å². The summed E-state index contributed by atoms with van der Waals surface area (Å²) in [7, 11) is 0. The Hall–Kier alpha value is -2.59. The summed E-state index contributed by atoms with van der Waals surface area (Å²) in [4.78, 5) is 25.7. The van der Waals surface area contributed by atoms with Gasteiger partial charge in [-0.15, -0.1) is 0 Å². The Morgan fingerprint density at radius 3 is 2.62 bits per heavy atom. The summed E-state index contributed by atoms with van der Waals surface area (Å²) in [5.74, 6) is 0.303. The van der Waals surface area contributed by atoms with Crippen LogP contribution in [-0.4, -0.2) is 97.4 Å². The summed E-state index contributed by atoms with van der Waals surface area (Å²) in [5.41, 5.74) is 2.47. The van der Waals surface area contributed by atoms with Gasteiger partial charge in [0.25, 0.3) is 0 Å². The number of anilines is 1. The largest absolute Gasteiger partial charge is 0.474 e. The topological polar surface area (TPSA) is 70.2 Å². The first-order valence-corrected chi connectivity index (χ1v) is 14.6. The predicted octanol–water partition coefficient (Wildman–Crippen LogP) is 3.33. The molecule has 1 aromatic carbocycles. The van der Waals surface area contributed by atoms with Gasteiger partial charge in [0.1, 0.15) is 18.1 Å². The molecule has 1 aromatic heterocycles. The number of ether oxygens (including phenoxy) is 2. The zero-order valence-electron chi connectivity index (χ0n) is 24.5. The molecule has 1 amide bonds. The van der Waals surface area contributed by atoms with Crippen molar-refractivity contribution in [3.63, 3.8) is 0 Å². The SMILES string of the molecule is C[C@@H]1CN(CC(=O)N2c3cc(Cc4ccc(F)cc4)cnc3OCC2C(C)(C)C)[C@@H](CN2CCOC[C@H]2C)CN1. The lowest BCUT2D eigenvalue weighted by Crippen LogP contribution is -2.63. The fourth-order valence-corrected chi connectivity index (χ4v) is 6.01. The van der Waals surface area contributed by atoms with Gasteiger partial charge < -0.3 is 14.8 Å². The summed E-state index contributed by atoms with van der Waals surface area (Å²) in [6.07, 6.45) is 2.39. The number of amides is 1. The van der Waals surface area contributed by atoms with Crippen molar-refractivity contribution < 1.29 is 18.7 Å². The molecule has 0 saturated carbocycles. The number of hydrogen-bond acceptors (Lipinski definition) is 7. The highest BCUT2D eigenvalue weighted by molar-refractivity contribution is 5.97. The van der Waals surface area contributed by atoms with E-state index in [1.54, 1.807) is 18.3 Å². The molecule has 2 fully saturated rings. The third kappa shape index (κ3) is 6.65. The Morgan fingerprint density at radius 2 is 1.90 bits per heavy atom. The lowest BCUT2D eigenvalue weighted by Gasteiger charge is -2.46. The quantitative estimate of drug-likeness (QED) is 0.589. The summed E-state index contributed by atoms with van der Waals surface area (Å²) >= 11 is 0. The maximum absolute atomic E-state index is 14.3.